The monoisotopic (exact) mass is 198 g/mol. The molecule has 0 aliphatic rings. The average molecular weight is 198 g/mol. The van der Waals surface area contributed by atoms with Gasteiger partial charge >= 0.3 is 0 Å². The van der Waals surface area contributed by atoms with Gasteiger partial charge in [-0.25, -0.2) is 0 Å². The smallest absolute Gasteiger partial charge is 0.252 e. The van der Waals surface area contributed by atoms with E-state index in [4.69, 9.17) is 5.73 Å². The van der Waals surface area contributed by atoms with Crippen LogP contribution in [0.2, 0.25) is 0 Å². The Bertz CT molecular complexity index is 255. The molecule has 3 nitrogen and oxygen atoms in total. The van der Waals surface area contributed by atoms with Crippen molar-refractivity contribution in [3.63, 3.8) is 0 Å². The van der Waals surface area contributed by atoms with E-state index in [-0.39, 0.29) is 11.9 Å². The fourth-order valence-corrected chi connectivity index (χ4v) is 1.63. The first-order chi connectivity index (χ1) is 6.27. The summed E-state index contributed by atoms with van der Waals surface area (Å²) in [5.74, 6) is -0.0291. The lowest BCUT2D eigenvalue weighted by atomic mass is 10.2. The van der Waals surface area contributed by atoms with Gasteiger partial charge in [-0.3, -0.25) is 4.79 Å². The zero-order chi connectivity index (χ0) is 9.68. The Hall–Kier alpha value is -0.870. The van der Waals surface area contributed by atoms with Crippen LogP contribution in [0.1, 0.15) is 23.7 Å². The number of carbonyl (C=O) groups is 1. The van der Waals surface area contributed by atoms with Crippen LogP contribution >= 0.6 is 11.3 Å². The molecule has 0 saturated carbocycles. The molecule has 0 fully saturated rings. The van der Waals surface area contributed by atoms with Crippen LogP contribution in [-0.2, 0) is 0 Å². The van der Waals surface area contributed by atoms with E-state index in [0.717, 1.165) is 12.0 Å². The molecule has 72 valence electrons. The third-order valence-electron chi connectivity index (χ3n) is 1.90. The van der Waals surface area contributed by atoms with Gasteiger partial charge in [0.1, 0.15) is 0 Å². The van der Waals surface area contributed by atoms with Gasteiger partial charge < -0.3 is 11.1 Å². The maximum atomic E-state index is 11.5. The van der Waals surface area contributed by atoms with Crippen molar-refractivity contribution in [2.75, 3.05) is 6.54 Å². The Labute approximate surface area is 81.9 Å². The van der Waals surface area contributed by atoms with Crippen LogP contribution in [0.3, 0.4) is 0 Å². The molecule has 0 spiro atoms. The molecule has 13 heavy (non-hydrogen) atoms. The lowest BCUT2D eigenvalue weighted by Crippen LogP contribution is -2.39. The summed E-state index contributed by atoms with van der Waals surface area (Å²) >= 11 is 1.52. The number of rotatable bonds is 4. The molecule has 0 radical (unpaired) electrons. The van der Waals surface area contributed by atoms with Crippen LogP contribution in [0.15, 0.2) is 16.8 Å². The molecule has 0 aliphatic heterocycles. The van der Waals surface area contributed by atoms with E-state index in [1.165, 1.54) is 11.3 Å². The molecule has 1 atom stereocenters. The van der Waals surface area contributed by atoms with Crippen molar-refractivity contribution in [1.82, 2.24) is 5.32 Å². The maximum Gasteiger partial charge on any atom is 0.252 e. The fourth-order valence-electron chi connectivity index (χ4n) is 0.990. The number of hydrogen-bond acceptors (Lipinski definition) is 3. The van der Waals surface area contributed by atoms with Crippen molar-refractivity contribution >= 4 is 17.2 Å². The molecule has 1 rings (SSSR count). The number of nitrogens with one attached hydrogen (secondary N) is 1. The summed E-state index contributed by atoms with van der Waals surface area (Å²) in [7, 11) is 0. The van der Waals surface area contributed by atoms with E-state index in [2.05, 4.69) is 5.32 Å². The van der Waals surface area contributed by atoms with Crippen molar-refractivity contribution < 1.29 is 4.79 Å². The molecular weight excluding hydrogens is 184 g/mol. The van der Waals surface area contributed by atoms with Gasteiger partial charge in [-0.1, -0.05) is 6.92 Å². The molecule has 0 bridgehead atoms. The van der Waals surface area contributed by atoms with Crippen molar-refractivity contribution in [3.8, 4) is 0 Å². The van der Waals surface area contributed by atoms with E-state index in [0.29, 0.717) is 6.54 Å². The number of thiophene rings is 1. The quantitative estimate of drug-likeness (QED) is 0.764. The molecule has 0 aliphatic carbocycles. The third kappa shape index (κ3) is 2.82. The lowest BCUT2D eigenvalue weighted by molar-refractivity contribution is 0.0937. The first kappa shape index (κ1) is 10.2. The molecule has 1 aromatic rings. The normalized spacial score (nSPS) is 12.5. The van der Waals surface area contributed by atoms with E-state index < -0.39 is 0 Å². The second-order valence-electron chi connectivity index (χ2n) is 2.83. The van der Waals surface area contributed by atoms with Gasteiger partial charge in [0.05, 0.1) is 0 Å². The van der Waals surface area contributed by atoms with Gasteiger partial charge in [-0.15, -0.1) is 0 Å². The van der Waals surface area contributed by atoms with Crippen LogP contribution in [-0.4, -0.2) is 18.5 Å². The maximum absolute atomic E-state index is 11.5. The Kier molecular flexibility index (Phi) is 3.92. The molecular formula is C9H14N2OS. The standard InChI is InChI=1S/C9H14N2OS/c1-2-8(5-10)11-9(12)7-3-4-13-6-7/h3-4,6,8H,2,5,10H2,1H3,(H,11,12). The summed E-state index contributed by atoms with van der Waals surface area (Å²) in [6.45, 7) is 2.50. The first-order valence-electron chi connectivity index (χ1n) is 4.31. The van der Waals surface area contributed by atoms with E-state index in [1.54, 1.807) is 0 Å². The summed E-state index contributed by atoms with van der Waals surface area (Å²) in [6, 6.07) is 1.90. The number of nitrogens with two attached hydrogens (primary N) is 1. The van der Waals surface area contributed by atoms with E-state index >= 15 is 0 Å². The SMILES string of the molecule is CCC(CN)NC(=O)c1ccsc1. The minimum absolute atomic E-state index is 0.0291. The van der Waals surface area contributed by atoms with Crippen LogP contribution < -0.4 is 11.1 Å². The Morgan fingerprint density at radius 2 is 2.54 bits per heavy atom. The molecule has 4 heteroatoms. The molecule has 1 aromatic heterocycles. The van der Waals surface area contributed by atoms with Crippen LogP contribution in [0, 0.1) is 0 Å². The molecule has 1 amide bonds. The van der Waals surface area contributed by atoms with Gasteiger partial charge in [0.2, 0.25) is 0 Å². The highest BCUT2D eigenvalue weighted by atomic mass is 32.1. The minimum Gasteiger partial charge on any atom is -0.348 e. The fraction of sp³-hybridized carbons (Fsp3) is 0.444. The summed E-state index contributed by atoms with van der Waals surface area (Å²) < 4.78 is 0. The first-order valence-corrected chi connectivity index (χ1v) is 5.25. The highest BCUT2D eigenvalue weighted by molar-refractivity contribution is 7.08. The Morgan fingerprint density at radius 3 is 3.00 bits per heavy atom. The zero-order valence-electron chi connectivity index (χ0n) is 7.62. The van der Waals surface area contributed by atoms with Gasteiger partial charge in [0.15, 0.2) is 0 Å². The van der Waals surface area contributed by atoms with Crippen molar-refractivity contribution in [2.45, 2.75) is 19.4 Å². The topological polar surface area (TPSA) is 55.1 Å². The van der Waals surface area contributed by atoms with E-state index in [9.17, 15) is 4.79 Å². The minimum atomic E-state index is -0.0291. The molecule has 0 aromatic carbocycles. The van der Waals surface area contributed by atoms with Crippen molar-refractivity contribution in [2.24, 2.45) is 5.73 Å². The molecule has 1 unspecified atom stereocenters. The Morgan fingerprint density at radius 1 is 1.77 bits per heavy atom. The third-order valence-corrected chi connectivity index (χ3v) is 2.58. The van der Waals surface area contributed by atoms with Crippen molar-refractivity contribution in [3.05, 3.63) is 22.4 Å². The summed E-state index contributed by atoms with van der Waals surface area (Å²) in [4.78, 5) is 11.5. The zero-order valence-corrected chi connectivity index (χ0v) is 8.43. The summed E-state index contributed by atoms with van der Waals surface area (Å²) in [5, 5.41) is 6.58. The van der Waals surface area contributed by atoms with Gasteiger partial charge in [-0.2, -0.15) is 11.3 Å². The second-order valence-corrected chi connectivity index (χ2v) is 3.61. The van der Waals surface area contributed by atoms with Crippen LogP contribution in [0.4, 0.5) is 0 Å². The highest BCUT2D eigenvalue weighted by Gasteiger charge is 2.10. The average Bonchev–Trinajstić information content (AvgIpc) is 2.66. The molecule has 1 heterocycles. The van der Waals surface area contributed by atoms with Gasteiger partial charge in [0, 0.05) is 23.5 Å². The predicted molar refractivity (Wildman–Crippen MR) is 54.9 cm³/mol. The van der Waals surface area contributed by atoms with Gasteiger partial charge in [0.25, 0.3) is 5.91 Å². The van der Waals surface area contributed by atoms with Crippen LogP contribution in [0.25, 0.3) is 0 Å². The molecule has 0 saturated heterocycles. The predicted octanol–water partition coefficient (Wildman–Crippen LogP) is 1.22. The number of amides is 1. The number of carbonyl (C=O) groups excluding carboxylic acids is 1. The highest BCUT2D eigenvalue weighted by Crippen LogP contribution is 2.05. The summed E-state index contributed by atoms with van der Waals surface area (Å²) in [6.07, 6.45) is 0.867. The number of hydrogen-bond donors (Lipinski definition) is 2. The van der Waals surface area contributed by atoms with Crippen LogP contribution in [0.5, 0.6) is 0 Å². The van der Waals surface area contributed by atoms with E-state index in [1.807, 2.05) is 23.8 Å². The van der Waals surface area contributed by atoms with Crippen molar-refractivity contribution in [1.29, 1.82) is 0 Å². The molecule has 3 N–H and O–H groups in total. The van der Waals surface area contributed by atoms with Gasteiger partial charge in [-0.05, 0) is 17.9 Å². The summed E-state index contributed by atoms with van der Waals surface area (Å²) in [5.41, 5.74) is 6.19. The lowest BCUT2D eigenvalue weighted by Gasteiger charge is -2.13. The largest absolute Gasteiger partial charge is 0.348 e. The Balaban J connectivity index is 2.50. The second kappa shape index (κ2) is 4.99.